The Morgan fingerprint density at radius 3 is 2.59 bits per heavy atom. The van der Waals surface area contributed by atoms with Crippen molar-refractivity contribution in [3.8, 4) is 11.3 Å². The summed E-state index contributed by atoms with van der Waals surface area (Å²) in [5.74, 6) is -0.605. The number of nitrogens with one attached hydrogen (secondary N) is 1. The van der Waals surface area contributed by atoms with Crippen molar-refractivity contribution >= 4 is 17.0 Å². The van der Waals surface area contributed by atoms with Gasteiger partial charge < -0.3 is 9.84 Å². The molecule has 3 aromatic heterocycles. The Balaban J connectivity index is 1.63. The maximum absolute atomic E-state index is 13.3. The Labute approximate surface area is 166 Å². The summed E-state index contributed by atoms with van der Waals surface area (Å²) in [6, 6.07) is 9.56. The van der Waals surface area contributed by atoms with Crippen LogP contribution in [0.15, 0.2) is 40.9 Å². The van der Waals surface area contributed by atoms with Crippen LogP contribution in [0.25, 0.3) is 22.4 Å². The van der Waals surface area contributed by atoms with Crippen molar-refractivity contribution < 1.29 is 13.7 Å². The van der Waals surface area contributed by atoms with Gasteiger partial charge in [0.05, 0.1) is 23.2 Å². The quantitative estimate of drug-likeness (QED) is 0.560. The van der Waals surface area contributed by atoms with Gasteiger partial charge in [0.25, 0.3) is 11.6 Å². The van der Waals surface area contributed by atoms with Gasteiger partial charge in [0.1, 0.15) is 11.5 Å². The summed E-state index contributed by atoms with van der Waals surface area (Å²) in [4.78, 5) is 17.3. The zero-order chi connectivity index (χ0) is 20.5. The molecule has 1 aromatic carbocycles. The van der Waals surface area contributed by atoms with E-state index in [1.165, 1.54) is 12.1 Å². The van der Waals surface area contributed by atoms with Gasteiger partial charge in [-0.15, -0.1) is 0 Å². The summed E-state index contributed by atoms with van der Waals surface area (Å²) in [5.41, 5.74) is 4.41. The maximum Gasteiger partial charge on any atom is 0.259 e. The molecule has 4 rings (SSSR count). The molecule has 0 aliphatic carbocycles. The van der Waals surface area contributed by atoms with Crippen LogP contribution in [0.5, 0.6) is 0 Å². The van der Waals surface area contributed by atoms with Crippen LogP contribution >= 0.6 is 0 Å². The van der Waals surface area contributed by atoms with Gasteiger partial charge in [0.2, 0.25) is 0 Å². The average Bonchev–Trinajstić information content (AvgIpc) is 3.24. The molecule has 0 radical (unpaired) electrons. The molecule has 7 nitrogen and oxygen atoms in total. The van der Waals surface area contributed by atoms with Gasteiger partial charge in [0.15, 0.2) is 0 Å². The Hall–Kier alpha value is -3.55. The van der Waals surface area contributed by atoms with E-state index in [0.29, 0.717) is 41.0 Å². The molecular formula is C21H20FN5O2. The van der Waals surface area contributed by atoms with Crippen LogP contribution in [-0.4, -0.2) is 32.4 Å². The fraction of sp³-hybridized carbons (Fsp3) is 0.238. The molecule has 8 heteroatoms. The third kappa shape index (κ3) is 3.73. The zero-order valence-electron chi connectivity index (χ0n) is 16.4. The molecule has 3 heterocycles. The van der Waals surface area contributed by atoms with Crippen LogP contribution in [0.4, 0.5) is 4.39 Å². The number of hydrogen-bond donors (Lipinski definition) is 1. The van der Waals surface area contributed by atoms with Crippen molar-refractivity contribution in [3.63, 3.8) is 0 Å². The minimum absolute atomic E-state index is 0.256. The summed E-state index contributed by atoms with van der Waals surface area (Å²) in [6.45, 7) is 6.67. The van der Waals surface area contributed by atoms with Gasteiger partial charge in [-0.2, -0.15) is 5.10 Å². The third-order valence-corrected chi connectivity index (χ3v) is 4.65. The minimum atomic E-state index is -0.349. The number of fused-ring (bicyclic) bond motifs is 1. The molecule has 0 aliphatic rings. The topological polar surface area (TPSA) is 85.8 Å². The van der Waals surface area contributed by atoms with E-state index in [-0.39, 0.29) is 17.4 Å². The first-order chi connectivity index (χ1) is 13.9. The van der Waals surface area contributed by atoms with Gasteiger partial charge in [-0.25, -0.2) is 9.37 Å². The highest BCUT2D eigenvalue weighted by Crippen LogP contribution is 2.30. The maximum atomic E-state index is 13.3. The minimum Gasteiger partial charge on any atom is -0.350 e. The van der Waals surface area contributed by atoms with Crippen LogP contribution in [-0.2, 0) is 6.54 Å². The SMILES string of the molecule is Cc1cc(C(=O)NCCn2nc(C)cc2C)c2c(-c3ccc(F)cc3)noc2n1. The van der Waals surface area contributed by atoms with Crippen molar-refractivity contribution in [1.29, 1.82) is 0 Å². The zero-order valence-corrected chi connectivity index (χ0v) is 16.4. The highest BCUT2D eigenvalue weighted by atomic mass is 19.1. The van der Waals surface area contributed by atoms with E-state index in [1.54, 1.807) is 25.1 Å². The number of halogens is 1. The third-order valence-electron chi connectivity index (χ3n) is 4.65. The predicted molar refractivity (Wildman–Crippen MR) is 106 cm³/mol. The first-order valence-corrected chi connectivity index (χ1v) is 9.24. The van der Waals surface area contributed by atoms with E-state index >= 15 is 0 Å². The molecule has 0 fully saturated rings. The Morgan fingerprint density at radius 2 is 1.90 bits per heavy atom. The molecule has 148 valence electrons. The molecule has 29 heavy (non-hydrogen) atoms. The molecule has 4 aromatic rings. The van der Waals surface area contributed by atoms with Crippen molar-refractivity contribution in [1.82, 2.24) is 25.2 Å². The summed E-state index contributed by atoms with van der Waals surface area (Å²) >= 11 is 0. The lowest BCUT2D eigenvalue weighted by Crippen LogP contribution is -2.28. The number of pyridine rings is 1. The largest absolute Gasteiger partial charge is 0.350 e. The fourth-order valence-corrected chi connectivity index (χ4v) is 3.33. The molecule has 0 bridgehead atoms. The number of benzene rings is 1. The Kier molecular flexibility index (Phi) is 4.84. The number of aromatic nitrogens is 4. The number of amides is 1. The average molecular weight is 393 g/mol. The van der Waals surface area contributed by atoms with Crippen molar-refractivity contribution in [3.05, 3.63) is 64.9 Å². The van der Waals surface area contributed by atoms with Crippen molar-refractivity contribution in [2.24, 2.45) is 0 Å². The summed E-state index contributed by atoms with van der Waals surface area (Å²) in [6.07, 6.45) is 0. The van der Waals surface area contributed by atoms with E-state index in [2.05, 4.69) is 20.6 Å². The number of rotatable bonds is 5. The fourth-order valence-electron chi connectivity index (χ4n) is 3.33. The number of hydrogen-bond acceptors (Lipinski definition) is 5. The summed E-state index contributed by atoms with van der Waals surface area (Å²) in [7, 11) is 0. The second kappa shape index (κ2) is 7.46. The summed E-state index contributed by atoms with van der Waals surface area (Å²) in [5, 5.41) is 11.9. The standard InChI is InChI=1S/C21H20FN5O2/c1-12-11-17(20(28)23-8-9-27-14(3)10-13(2)25-27)18-19(26-29-21(18)24-12)15-4-6-16(22)7-5-15/h4-7,10-11H,8-9H2,1-3H3,(H,23,28). The number of aryl methyl sites for hydroxylation is 3. The van der Waals surface area contributed by atoms with E-state index in [4.69, 9.17) is 4.52 Å². The number of nitrogens with zero attached hydrogens (tertiary/aromatic N) is 4. The van der Waals surface area contributed by atoms with Crippen molar-refractivity contribution in [2.75, 3.05) is 6.54 Å². The molecule has 0 aliphatic heterocycles. The van der Waals surface area contributed by atoms with E-state index < -0.39 is 0 Å². The highest BCUT2D eigenvalue weighted by Gasteiger charge is 2.20. The second-order valence-corrected chi connectivity index (χ2v) is 6.94. The molecule has 1 N–H and O–H groups in total. The van der Waals surface area contributed by atoms with E-state index in [0.717, 1.165) is 11.4 Å². The van der Waals surface area contributed by atoms with Crippen LogP contribution in [0.2, 0.25) is 0 Å². The van der Waals surface area contributed by atoms with Crippen LogP contribution in [0, 0.1) is 26.6 Å². The molecule has 0 unspecified atom stereocenters. The van der Waals surface area contributed by atoms with E-state index in [1.807, 2.05) is 24.6 Å². The highest BCUT2D eigenvalue weighted by molar-refractivity contribution is 6.09. The van der Waals surface area contributed by atoms with Gasteiger partial charge in [-0.05, 0) is 57.2 Å². The van der Waals surface area contributed by atoms with Crippen LogP contribution in [0.1, 0.15) is 27.4 Å². The first kappa shape index (κ1) is 18.8. The second-order valence-electron chi connectivity index (χ2n) is 6.94. The Bertz CT molecular complexity index is 1190. The van der Waals surface area contributed by atoms with Crippen LogP contribution < -0.4 is 5.32 Å². The number of carbonyl (C=O) groups is 1. The van der Waals surface area contributed by atoms with Crippen LogP contribution in [0.3, 0.4) is 0 Å². The lowest BCUT2D eigenvalue weighted by molar-refractivity contribution is 0.0953. The lowest BCUT2D eigenvalue weighted by Gasteiger charge is -2.09. The van der Waals surface area contributed by atoms with Gasteiger partial charge in [-0.3, -0.25) is 9.48 Å². The first-order valence-electron chi connectivity index (χ1n) is 9.24. The Morgan fingerprint density at radius 1 is 1.14 bits per heavy atom. The van der Waals surface area contributed by atoms with Gasteiger partial charge >= 0.3 is 0 Å². The summed E-state index contributed by atoms with van der Waals surface area (Å²) < 4.78 is 20.5. The molecule has 1 amide bonds. The van der Waals surface area contributed by atoms with Gasteiger partial charge in [-0.1, -0.05) is 5.16 Å². The molecule has 0 saturated heterocycles. The molecule has 0 spiro atoms. The predicted octanol–water partition coefficient (Wildman–Crippen LogP) is 3.58. The normalized spacial score (nSPS) is 11.2. The van der Waals surface area contributed by atoms with Gasteiger partial charge in [0, 0.05) is 23.5 Å². The molecular weight excluding hydrogens is 373 g/mol. The van der Waals surface area contributed by atoms with E-state index in [9.17, 15) is 9.18 Å². The van der Waals surface area contributed by atoms with Crippen molar-refractivity contribution in [2.45, 2.75) is 27.3 Å². The molecule has 0 atom stereocenters. The molecule has 0 saturated carbocycles. The monoisotopic (exact) mass is 393 g/mol. The lowest BCUT2D eigenvalue weighted by atomic mass is 10.0. The number of carbonyl (C=O) groups excluding carboxylic acids is 1. The smallest absolute Gasteiger partial charge is 0.259 e.